The van der Waals surface area contributed by atoms with Crippen LogP contribution in [-0.2, 0) is 33.3 Å². The summed E-state index contributed by atoms with van der Waals surface area (Å²) in [7, 11) is 5.98. The normalized spacial score (nSPS) is 13.5. The van der Waals surface area contributed by atoms with E-state index in [9.17, 15) is 19.5 Å². The third-order valence-electron chi connectivity index (χ3n) is 16.8. The first kappa shape index (κ1) is 91.9. The Bertz CT molecular complexity index is 2160. The van der Waals surface area contributed by atoms with Crippen molar-refractivity contribution in [2.45, 2.75) is 334 Å². The lowest BCUT2D eigenvalue weighted by molar-refractivity contribution is -0.870. The molecule has 0 saturated carbocycles. The molecule has 0 fully saturated rings. The van der Waals surface area contributed by atoms with E-state index in [1.165, 1.54) is 161 Å². The van der Waals surface area contributed by atoms with Crippen LogP contribution in [0.15, 0.2) is 158 Å². The van der Waals surface area contributed by atoms with Gasteiger partial charge in [-0.1, -0.05) is 345 Å². The number of hydrogen-bond acceptors (Lipinski definition) is 7. The molecule has 0 radical (unpaired) electrons. The molecule has 552 valence electrons. The van der Waals surface area contributed by atoms with Gasteiger partial charge >= 0.3 is 17.9 Å². The average molecular weight is 1350 g/mol. The largest absolute Gasteiger partial charge is 0.477 e. The molecule has 97 heavy (non-hydrogen) atoms. The van der Waals surface area contributed by atoms with Crippen LogP contribution >= 0.6 is 0 Å². The number of rotatable bonds is 72. The highest BCUT2D eigenvalue weighted by Crippen LogP contribution is 2.18. The topological polar surface area (TPSA) is 108 Å². The van der Waals surface area contributed by atoms with E-state index in [-0.39, 0.29) is 32.2 Å². The van der Waals surface area contributed by atoms with Crippen LogP contribution in [0.1, 0.15) is 322 Å². The second kappa shape index (κ2) is 76.7. The number of hydrogen-bond donors (Lipinski definition) is 1. The lowest BCUT2D eigenvalue weighted by atomic mass is 10.0. The molecule has 0 aliphatic carbocycles. The number of quaternary nitrogens is 1. The Labute approximate surface area is 597 Å². The quantitative estimate of drug-likeness (QED) is 0.0211. The molecule has 0 spiro atoms. The Morgan fingerprint density at radius 1 is 0.309 bits per heavy atom. The third kappa shape index (κ3) is 78.1. The van der Waals surface area contributed by atoms with E-state index in [0.29, 0.717) is 23.9 Å². The summed E-state index contributed by atoms with van der Waals surface area (Å²) in [4.78, 5) is 37.8. The summed E-state index contributed by atoms with van der Waals surface area (Å²) < 4.78 is 23.0. The van der Waals surface area contributed by atoms with E-state index in [1.807, 2.05) is 21.1 Å². The van der Waals surface area contributed by atoms with Crippen molar-refractivity contribution in [2.24, 2.45) is 0 Å². The smallest absolute Gasteiger partial charge is 0.361 e. The molecule has 0 amide bonds. The first-order valence-electron chi connectivity index (χ1n) is 39.6. The zero-order chi connectivity index (χ0) is 70.4. The third-order valence-corrected chi connectivity index (χ3v) is 16.8. The number of ether oxygens (including phenoxy) is 4. The molecule has 0 aromatic heterocycles. The molecule has 0 heterocycles. The molecule has 0 aromatic rings. The number of nitrogens with zero attached hydrogens (tertiary/aromatic N) is 1. The van der Waals surface area contributed by atoms with E-state index in [4.69, 9.17) is 18.9 Å². The van der Waals surface area contributed by atoms with Gasteiger partial charge in [0.25, 0.3) is 6.29 Å². The summed E-state index contributed by atoms with van der Waals surface area (Å²) in [6.07, 6.45) is 111. The lowest BCUT2D eigenvalue weighted by Crippen LogP contribution is -2.40. The van der Waals surface area contributed by atoms with E-state index in [2.05, 4.69) is 172 Å². The van der Waals surface area contributed by atoms with Crippen LogP contribution in [-0.4, -0.2) is 87.4 Å². The fourth-order valence-corrected chi connectivity index (χ4v) is 10.8. The number of aliphatic carboxylic acids is 1. The first-order valence-corrected chi connectivity index (χ1v) is 39.6. The fourth-order valence-electron chi connectivity index (χ4n) is 10.8. The fraction of sp³-hybridized carbons (Fsp3) is 0.670. The Hall–Kier alpha value is -5.09. The summed E-state index contributed by atoms with van der Waals surface area (Å²) in [5, 5.41) is 9.78. The minimum atomic E-state index is -1.52. The molecule has 0 saturated heterocycles. The molecule has 0 aromatic carbocycles. The van der Waals surface area contributed by atoms with Crippen molar-refractivity contribution in [1.29, 1.82) is 0 Å². The molecule has 9 nitrogen and oxygen atoms in total. The Balaban J connectivity index is 4.07. The number of carboxylic acid groups (broad SMARTS) is 1. The van der Waals surface area contributed by atoms with Gasteiger partial charge in [-0.3, -0.25) is 9.59 Å². The van der Waals surface area contributed by atoms with Gasteiger partial charge in [0.1, 0.15) is 13.2 Å². The highest BCUT2D eigenvalue weighted by Gasteiger charge is 2.25. The predicted octanol–water partition coefficient (Wildman–Crippen LogP) is 25.6. The van der Waals surface area contributed by atoms with Gasteiger partial charge in [-0.2, -0.15) is 0 Å². The van der Waals surface area contributed by atoms with Crippen molar-refractivity contribution < 1.29 is 42.9 Å². The minimum Gasteiger partial charge on any atom is -0.477 e. The summed E-state index contributed by atoms with van der Waals surface area (Å²) >= 11 is 0. The average Bonchev–Trinajstić information content (AvgIpc) is 3.74. The van der Waals surface area contributed by atoms with E-state index in [1.54, 1.807) is 0 Å². The van der Waals surface area contributed by atoms with Gasteiger partial charge < -0.3 is 28.5 Å². The van der Waals surface area contributed by atoms with Crippen molar-refractivity contribution in [3.05, 3.63) is 158 Å². The highest BCUT2D eigenvalue weighted by molar-refractivity contribution is 5.71. The summed E-state index contributed by atoms with van der Waals surface area (Å²) in [5.74, 6) is -2.01. The lowest BCUT2D eigenvalue weighted by Gasteiger charge is -2.25. The maximum atomic E-state index is 13.0. The van der Waals surface area contributed by atoms with Crippen LogP contribution in [0.5, 0.6) is 0 Å². The van der Waals surface area contributed by atoms with Crippen molar-refractivity contribution in [2.75, 3.05) is 47.5 Å². The number of esters is 2. The maximum Gasteiger partial charge on any atom is 0.361 e. The SMILES string of the molecule is CC/C=C\C/C=C\C/C=C\C/C=C\C/C=C\C/C=C\C/C=C\C/C=C\CCCCCCCCCCCCC(=O)OC(COC(=O)CCCCCCCCCCCCCCCCCCCCCCC/C=C\C/C=C\C/C=C\C/C=C\C/C=C\CC)COC(OCC[N+](C)(C)C)C(=O)O. The number of unbranched alkanes of at least 4 members (excludes halogenated alkanes) is 31. The van der Waals surface area contributed by atoms with Gasteiger partial charge in [0.2, 0.25) is 0 Å². The molecule has 0 bridgehead atoms. The van der Waals surface area contributed by atoms with Crippen LogP contribution in [0.25, 0.3) is 0 Å². The summed E-state index contributed by atoms with van der Waals surface area (Å²) in [6.45, 7) is 4.66. The zero-order valence-electron chi connectivity index (χ0n) is 63.2. The van der Waals surface area contributed by atoms with Crippen molar-refractivity contribution in [3.63, 3.8) is 0 Å². The van der Waals surface area contributed by atoms with Crippen LogP contribution < -0.4 is 0 Å². The second-order valence-electron chi connectivity index (χ2n) is 27.3. The standard InChI is InChI=1S/C88H147NO8/c1-6-8-10-12-14-16-18-20-22-24-26-28-30-32-34-36-38-40-42-43-45-46-48-50-52-54-56-58-60-62-64-66-68-70-72-74-76-78-85(90)95-82-84(83-96-88(87(92)93)94-81-80-89(3,4)5)97-86(91)79-77-75-73-71-69-67-65-63-61-59-57-55-53-51-49-47-44-41-39-37-35-33-31-29-27-25-23-21-19-17-15-13-11-9-7-2/h8-11,14-17,20-23,26-29,32-35,39,41,47,49,53,55,84,88H,6-7,12-13,18-19,24-25,30-31,36-38,40,42-46,48,50-52,54,56-83H2,1-5H3/p+1/b10-8-,11-9-,16-14-,17-15-,22-20-,23-21-,28-26-,29-27-,34-32-,35-33-,41-39-,49-47-,55-53-. The Morgan fingerprint density at radius 3 is 0.825 bits per heavy atom. The van der Waals surface area contributed by atoms with E-state index in [0.717, 1.165) is 128 Å². The molecule has 9 heteroatoms. The van der Waals surface area contributed by atoms with E-state index >= 15 is 0 Å². The van der Waals surface area contributed by atoms with Crippen molar-refractivity contribution in [1.82, 2.24) is 0 Å². The summed E-state index contributed by atoms with van der Waals surface area (Å²) in [5.41, 5.74) is 0. The van der Waals surface area contributed by atoms with Gasteiger partial charge in [0, 0.05) is 12.8 Å². The molecule has 2 atom stereocenters. The number of carboxylic acids is 1. The van der Waals surface area contributed by atoms with Gasteiger partial charge in [0.05, 0.1) is 34.4 Å². The van der Waals surface area contributed by atoms with E-state index < -0.39 is 24.3 Å². The zero-order valence-corrected chi connectivity index (χ0v) is 63.2. The maximum absolute atomic E-state index is 13.0. The highest BCUT2D eigenvalue weighted by atomic mass is 16.7. The number of allylic oxidation sites excluding steroid dienone is 26. The molecule has 0 rings (SSSR count). The summed E-state index contributed by atoms with van der Waals surface area (Å²) in [6, 6.07) is 0. The number of carbonyl (C=O) groups excluding carboxylic acids is 2. The van der Waals surface area contributed by atoms with Crippen LogP contribution in [0.2, 0.25) is 0 Å². The molecule has 2 unspecified atom stereocenters. The molecular formula is C88H148NO8+. The van der Waals surface area contributed by atoms with Gasteiger partial charge in [-0.15, -0.1) is 0 Å². The molecule has 0 aliphatic rings. The van der Waals surface area contributed by atoms with Gasteiger partial charge in [-0.05, 0) is 122 Å². The van der Waals surface area contributed by atoms with Gasteiger partial charge in [-0.25, -0.2) is 4.79 Å². The van der Waals surface area contributed by atoms with Gasteiger partial charge in [0.15, 0.2) is 6.10 Å². The van der Waals surface area contributed by atoms with Crippen LogP contribution in [0, 0.1) is 0 Å². The predicted molar refractivity (Wildman–Crippen MR) is 419 cm³/mol. The number of likely N-dealkylation sites (N-methyl/N-ethyl adjacent to an activating group) is 1. The Morgan fingerprint density at radius 2 is 0.557 bits per heavy atom. The first-order chi connectivity index (χ1) is 47.6. The molecular weight excluding hydrogens is 1200 g/mol. The molecule has 1 N–H and O–H groups in total. The monoisotopic (exact) mass is 1350 g/mol. The van der Waals surface area contributed by atoms with Crippen LogP contribution in [0.3, 0.4) is 0 Å². The molecule has 0 aliphatic heterocycles. The second-order valence-corrected chi connectivity index (χ2v) is 27.3. The van der Waals surface area contributed by atoms with Crippen LogP contribution in [0.4, 0.5) is 0 Å². The van der Waals surface area contributed by atoms with Crippen molar-refractivity contribution in [3.8, 4) is 0 Å². The Kier molecular flexibility index (Phi) is 72.6. The number of carbonyl (C=O) groups is 3. The minimum absolute atomic E-state index is 0.181. The van der Waals surface area contributed by atoms with Crippen molar-refractivity contribution >= 4 is 17.9 Å².